The van der Waals surface area contributed by atoms with Crippen LogP contribution in [0, 0.1) is 20.8 Å². The van der Waals surface area contributed by atoms with Gasteiger partial charge in [-0.1, -0.05) is 83.9 Å². The Hall–Kier alpha value is -4.14. The highest BCUT2D eigenvalue weighted by Gasteiger charge is 2.34. The molecule has 0 saturated heterocycles. The molecule has 7 nitrogen and oxygen atoms in total. The Morgan fingerprint density at radius 3 is 2.12 bits per heavy atom. The van der Waals surface area contributed by atoms with Crippen LogP contribution in [-0.4, -0.2) is 44.8 Å². The molecule has 0 aromatic heterocycles. The first kappa shape index (κ1) is 31.8. The number of carbonyl (C=O) groups excluding carboxylic acids is 2. The molecule has 0 radical (unpaired) electrons. The Bertz CT molecular complexity index is 1690. The molecule has 4 rings (SSSR count). The van der Waals surface area contributed by atoms with Gasteiger partial charge in [0.25, 0.3) is 10.0 Å². The van der Waals surface area contributed by atoms with Crippen LogP contribution in [0.15, 0.2) is 102 Å². The summed E-state index contributed by atoms with van der Waals surface area (Å²) in [6.45, 7) is 5.19. The first-order chi connectivity index (χ1) is 20.5. The van der Waals surface area contributed by atoms with E-state index in [-0.39, 0.29) is 23.8 Å². The lowest BCUT2D eigenvalue weighted by atomic mass is 10.0. The average molecular weight is 618 g/mol. The number of aryl methyl sites for hydroxylation is 3. The minimum Gasteiger partial charge on any atom is -0.357 e. The Labute approximate surface area is 259 Å². The highest BCUT2D eigenvalue weighted by Crippen LogP contribution is 2.28. The second-order valence-corrected chi connectivity index (χ2v) is 12.8. The van der Waals surface area contributed by atoms with E-state index in [1.807, 2.05) is 57.2 Å². The van der Waals surface area contributed by atoms with E-state index in [2.05, 4.69) is 5.32 Å². The number of nitrogens with zero attached hydrogens (tertiary/aromatic N) is 2. The molecule has 2 amide bonds. The molecule has 9 heteroatoms. The number of rotatable bonds is 11. The van der Waals surface area contributed by atoms with E-state index < -0.39 is 28.5 Å². The zero-order chi connectivity index (χ0) is 31.1. The number of hydrogen-bond donors (Lipinski definition) is 1. The van der Waals surface area contributed by atoms with Gasteiger partial charge in [0, 0.05) is 25.0 Å². The van der Waals surface area contributed by atoms with Crippen LogP contribution in [0.2, 0.25) is 5.02 Å². The van der Waals surface area contributed by atoms with Crippen LogP contribution < -0.4 is 9.62 Å². The van der Waals surface area contributed by atoms with E-state index in [0.29, 0.717) is 16.3 Å². The lowest BCUT2D eigenvalue weighted by molar-refractivity contribution is -0.139. The maximum Gasteiger partial charge on any atom is 0.264 e. The molecule has 4 aromatic carbocycles. The highest BCUT2D eigenvalue weighted by atomic mass is 35.5. The Morgan fingerprint density at radius 1 is 0.837 bits per heavy atom. The molecule has 4 aromatic rings. The van der Waals surface area contributed by atoms with E-state index in [0.717, 1.165) is 26.6 Å². The van der Waals surface area contributed by atoms with Crippen molar-refractivity contribution in [2.45, 2.75) is 44.7 Å². The van der Waals surface area contributed by atoms with Gasteiger partial charge in [0.15, 0.2) is 0 Å². The van der Waals surface area contributed by atoms with Crippen molar-refractivity contribution in [3.8, 4) is 0 Å². The number of benzene rings is 4. The lowest BCUT2D eigenvalue weighted by Gasteiger charge is -2.34. The van der Waals surface area contributed by atoms with Gasteiger partial charge < -0.3 is 10.2 Å². The number of sulfonamides is 1. The number of anilines is 1. The van der Waals surface area contributed by atoms with E-state index in [1.54, 1.807) is 48.5 Å². The zero-order valence-electron chi connectivity index (χ0n) is 24.7. The fraction of sp³-hybridized carbons (Fsp3) is 0.235. The minimum atomic E-state index is -4.16. The third kappa shape index (κ3) is 7.63. The van der Waals surface area contributed by atoms with Crippen LogP contribution in [-0.2, 0) is 32.6 Å². The van der Waals surface area contributed by atoms with Crippen molar-refractivity contribution < 1.29 is 18.0 Å². The van der Waals surface area contributed by atoms with Crippen LogP contribution in [0.4, 0.5) is 5.69 Å². The van der Waals surface area contributed by atoms with Crippen molar-refractivity contribution in [2.75, 3.05) is 17.9 Å². The Kier molecular flexibility index (Phi) is 10.3. The maximum absolute atomic E-state index is 14.4. The maximum atomic E-state index is 14.4. The molecule has 1 N–H and O–H groups in total. The van der Waals surface area contributed by atoms with Crippen molar-refractivity contribution in [3.63, 3.8) is 0 Å². The fourth-order valence-electron chi connectivity index (χ4n) is 4.78. The topological polar surface area (TPSA) is 86.8 Å². The van der Waals surface area contributed by atoms with E-state index >= 15 is 0 Å². The number of hydrogen-bond acceptors (Lipinski definition) is 4. The largest absolute Gasteiger partial charge is 0.357 e. The SMILES string of the molecule is CNC(=O)C(Cc1ccccc1)N(Cc1ccccc1Cl)C(=O)CN(c1ccc(C)c(C)c1)S(=O)(=O)c1ccc(C)cc1. The minimum absolute atomic E-state index is 0.00870. The predicted molar refractivity (Wildman–Crippen MR) is 172 cm³/mol. The molecule has 0 heterocycles. The number of carbonyl (C=O) groups is 2. The van der Waals surface area contributed by atoms with Gasteiger partial charge in [-0.3, -0.25) is 13.9 Å². The highest BCUT2D eigenvalue weighted by molar-refractivity contribution is 7.92. The Morgan fingerprint density at radius 2 is 1.49 bits per heavy atom. The summed E-state index contributed by atoms with van der Waals surface area (Å²) in [4.78, 5) is 29.2. The third-order valence-corrected chi connectivity index (χ3v) is 9.64. The van der Waals surface area contributed by atoms with Gasteiger partial charge in [0.2, 0.25) is 11.8 Å². The van der Waals surface area contributed by atoms with Crippen molar-refractivity contribution in [3.05, 3.63) is 130 Å². The second kappa shape index (κ2) is 13.9. The smallest absolute Gasteiger partial charge is 0.264 e. The lowest BCUT2D eigenvalue weighted by Crippen LogP contribution is -2.53. The van der Waals surface area contributed by atoms with Crippen molar-refractivity contribution in [1.29, 1.82) is 0 Å². The van der Waals surface area contributed by atoms with Crippen LogP contribution in [0.5, 0.6) is 0 Å². The summed E-state index contributed by atoms with van der Waals surface area (Å²) < 4.78 is 29.4. The van der Waals surface area contributed by atoms with Gasteiger partial charge >= 0.3 is 0 Å². The van der Waals surface area contributed by atoms with Crippen LogP contribution in [0.1, 0.15) is 27.8 Å². The van der Waals surface area contributed by atoms with Crippen LogP contribution in [0.3, 0.4) is 0 Å². The molecule has 1 unspecified atom stereocenters. The van der Waals surface area contributed by atoms with E-state index in [9.17, 15) is 18.0 Å². The number of amides is 2. The molecule has 0 spiro atoms. The van der Waals surface area contributed by atoms with E-state index in [4.69, 9.17) is 11.6 Å². The zero-order valence-corrected chi connectivity index (χ0v) is 26.3. The van der Waals surface area contributed by atoms with Gasteiger partial charge in [0.1, 0.15) is 12.6 Å². The molecular formula is C34H36ClN3O4S. The average Bonchev–Trinajstić information content (AvgIpc) is 3.00. The summed E-state index contributed by atoms with van der Waals surface area (Å²) >= 11 is 6.51. The monoisotopic (exact) mass is 617 g/mol. The molecule has 224 valence electrons. The quantitative estimate of drug-likeness (QED) is 0.229. The molecular weight excluding hydrogens is 582 g/mol. The summed E-state index contributed by atoms with van der Waals surface area (Å²) in [5, 5.41) is 3.12. The van der Waals surface area contributed by atoms with Gasteiger partial charge in [0.05, 0.1) is 10.6 Å². The summed E-state index contributed by atoms with van der Waals surface area (Å²) in [5.74, 6) is -0.915. The number of likely N-dealkylation sites (N-methyl/N-ethyl adjacent to an activating group) is 1. The molecule has 0 aliphatic heterocycles. The first-order valence-electron chi connectivity index (χ1n) is 14.0. The van der Waals surface area contributed by atoms with E-state index in [1.165, 1.54) is 24.1 Å². The molecule has 0 saturated carbocycles. The molecule has 0 fully saturated rings. The van der Waals surface area contributed by atoms with Crippen LogP contribution >= 0.6 is 11.6 Å². The van der Waals surface area contributed by atoms with Gasteiger partial charge in [-0.15, -0.1) is 0 Å². The Balaban J connectivity index is 1.81. The van der Waals surface area contributed by atoms with Crippen LogP contribution in [0.25, 0.3) is 0 Å². The normalized spacial score (nSPS) is 11.9. The van der Waals surface area contributed by atoms with Gasteiger partial charge in [-0.2, -0.15) is 0 Å². The summed E-state index contributed by atoms with van der Waals surface area (Å²) in [6.07, 6.45) is 0.227. The molecule has 43 heavy (non-hydrogen) atoms. The first-order valence-corrected chi connectivity index (χ1v) is 15.8. The summed E-state index contributed by atoms with van der Waals surface area (Å²) in [7, 11) is -2.65. The van der Waals surface area contributed by atoms with Gasteiger partial charge in [-0.05, 0) is 73.4 Å². The molecule has 1 atom stereocenters. The molecule has 0 aliphatic rings. The second-order valence-electron chi connectivity index (χ2n) is 10.5. The van der Waals surface area contributed by atoms with Crippen molar-refractivity contribution >= 4 is 39.1 Å². The predicted octanol–water partition coefficient (Wildman–Crippen LogP) is 5.85. The van der Waals surface area contributed by atoms with Crippen molar-refractivity contribution in [2.24, 2.45) is 0 Å². The number of halogens is 1. The molecule has 0 bridgehead atoms. The van der Waals surface area contributed by atoms with Gasteiger partial charge in [-0.25, -0.2) is 8.42 Å². The van der Waals surface area contributed by atoms with Crippen molar-refractivity contribution in [1.82, 2.24) is 10.2 Å². The standard InChI is InChI=1S/C34H36ClN3O4S/c1-24-14-18-30(19-15-24)43(41,42)38(29-17-16-25(2)26(3)20-29)23-33(39)37(22-28-12-8-9-13-31(28)35)32(34(40)36-4)21-27-10-6-5-7-11-27/h5-20,32H,21-23H2,1-4H3,(H,36,40). The third-order valence-electron chi connectivity index (χ3n) is 7.48. The summed E-state index contributed by atoms with van der Waals surface area (Å²) in [5.41, 5.74) is 4.63. The summed E-state index contributed by atoms with van der Waals surface area (Å²) in [6, 6.07) is 27.3. The fourth-order valence-corrected chi connectivity index (χ4v) is 6.38. The number of nitrogens with one attached hydrogen (secondary N) is 1. The molecule has 0 aliphatic carbocycles.